The number of methoxy groups -OCH3 is 2. The second kappa shape index (κ2) is 9.42. The number of rotatable bonds is 7. The lowest BCUT2D eigenvalue weighted by molar-refractivity contribution is 0.415. The van der Waals surface area contributed by atoms with Gasteiger partial charge in [0.25, 0.3) is 0 Å². The minimum atomic E-state index is -3.28. The van der Waals surface area contributed by atoms with Crippen LogP contribution in [0, 0.1) is 0 Å². The van der Waals surface area contributed by atoms with Crippen LogP contribution in [-0.2, 0) is 4.57 Å². The standard InChI is InChI=1S/C27H24FO3P/c1-30-24-9-13-26(14-10-24)32(29,27-15-11-25(31-2)12-16-27)19-23(28)18-20-7-8-21-5-3-4-6-22(21)17-20/h3-18H,19H2,1-2H3/b23-18-. The molecule has 0 N–H and O–H groups in total. The van der Waals surface area contributed by atoms with Gasteiger partial charge in [0, 0.05) is 10.6 Å². The van der Waals surface area contributed by atoms with E-state index in [1.807, 2.05) is 42.5 Å². The maximum absolute atomic E-state index is 15.3. The van der Waals surface area contributed by atoms with E-state index < -0.39 is 13.0 Å². The van der Waals surface area contributed by atoms with Gasteiger partial charge in [-0.2, -0.15) is 0 Å². The van der Waals surface area contributed by atoms with E-state index in [0.717, 1.165) is 16.3 Å². The summed E-state index contributed by atoms with van der Waals surface area (Å²) in [5.41, 5.74) is 0.734. The van der Waals surface area contributed by atoms with Gasteiger partial charge in [-0.1, -0.05) is 36.4 Å². The molecule has 0 fully saturated rings. The van der Waals surface area contributed by atoms with E-state index in [2.05, 4.69) is 0 Å². The Morgan fingerprint density at radius 3 is 1.84 bits per heavy atom. The van der Waals surface area contributed by atoms with Crippen LogP contribution in [0.25, 0.3) is 16.8 Å². The van der Waals surface area contributed by atoms with Crippen molar-refractivity contribution in [2.45, 2.75) is 0 Å². The molecule has 0 saturated heterocycles. The highest BCUT2D eigenvalue weighted by Crippen LogP contribution is 2.46. The molecule has 4 aromatic rings. The molecule has 3 nitrogen and oxygen atoms in total. The van der Waals surface area contributed by atoms with E-state index in [-0.39, 0.29) is 6.16 Å². The highest BCUT2D eigenvalue weighted by atomic mass is 31.2. The molecule has 4 rings (SSSR count). The Labute approximate surface area is 187 Å². The Morgan fingerprint density at radius 1 is 0.781 bits per heavy atom. The van der Waals surface area contributed by atoms with Gasteiger partial charge in [0.05, 0.1) is 20.4 Å². The van der Waals surface area contributed by atoms with Gasteiger partial charge in [0.2, 0.25) is 0 Å². The number of allylic oxidation sites excluding steroid dienone is 1. The third-order valence-corrected chi connectivity index (χ3v) is 8.46. The number of ether oxygens (including phenoxy) is 2. The second-order valence-electron chi connectivity index (χ2n) is 7.49. The summed E-state index contributed by atoms with van der Waals surface area (Å²) in [6, 6.07) is 27.6. The van der Waals surface area contributed by atoms with Gasteiger partial charge in [-0.05, 0) is 77.0 Å². The number of fused-ring (bicyclic) bond motifs is 1. The first-order valence-electron chi connectivity index (χ1n) is 10.2. The molecule has 0 aliphatic heterocycles. The summed E-state index contributed by atoms with van der Waals surface area (Å²) in [5.74, 6) is 0.875. The van der Waals surface area contributed by atoms with Gasteiger partial charge in [-0.15, -0.1) is 0 Å². The summed E-state index contributed by atoms with van der Waals surface area (Å²) in [6.45, 7) is 0. The molecule has 0 bridgehead atoms. The predicted octanol–water partition coefficient (Wildman–Crippen LogP) is 6.18. The first-order chi connectivity index (χ1) is 15.5. The van der Waals surface area contributed by atoms with Crippen molar-refractivity contribution in [3.05, 3.63) is 102 Å². The van der Waals surface area contributed by atoms with Gasteiger partial charge in [0.1, 0.15) is 24.5 Å². The van der Waals surface area contributed by atoms with Crippen LogP contribution in [0.15, 0.2) is 96.8 Å². The smallest absolute Gasteiger partial charge is 0.149 e. The molecule has 4 aromatic carbocycles. The fraction of sp³-hybridized carbons (Fsp3) is 0.111. The highest BCUT2D eigenvalue weighted by Gasteiger charge is 2.29. The van der Waals surface area contributed by atoms with Crippen molar-refractivity contribution in [2.75, 3.05) is 20.4 Å². The highest BCUT2D eigenvalue weighted by molar-refractivity contribution is 7.78. The van der Waals surface area contributed by atoms with Gasteiger partial charge in [0.15, 0.2) is 0 Å². The van der Waals surface area contributed by atoms with Gasteiger partial charge < -0.3 is 14.0 Å². The molecule has 0 unspecified atom stereocenters. The molecule has 0 aliphatic carbocycles. The van der Waals surface area contributed by atoms with Crippen molar-refractivity contribution in [3.63, 3.8) is 0 Å². The van der Waals surface area contributed by atoms with Gasteiger partial charge >= 0.3 is 0 Å². The Kier molecular flexibility index (Phi) is 6.43. The number of benzene rings is 4. The molecule has 0 aromatic heterocycles. The Bertz CT molecular complexity index is 1240. The quantitative estimate of drug-likeness (QED) is 0.318. The van der Waals surface area contributed by atoms with Crippen LogP contribution in [0.3, 0.4) is 0 Å². The summed E-state index contributed by atoms with van der Waals surface area (Å²) < 4.78 is 40.0. The van der Waals surface area contributed by atoms with Gasteiger partial charge in [-0.3, -0.25) is 0 Å². The van der Waals surface area contributed by atoms with Crippen molar-refractivity contribution in [3.8, 4) is 11.5 Å². The molecule has 0 aliphatic rings. The van der Waals surface area contributed by atoms with Crippen LogP contribution in [-0.4, -0.2) is 20.4 Å². The predicted molar refractivity (Wildman–Crippen MR) is 131 cm³/mol. The Hall–Kier alpha value is -3.36. The maximum Gasteiger partial charge on any atom is 0.149 e. The lowest BCUT2D eigenvalue weighted by atomic mass is 10.1. The Morgan fingerprint density at radius 2 is 1.31 bits per heavy atom. The molecule has 0 atom stereocenters. The van der Waals surface area contributed by atoms with Crippen LogP contribution >= 0.6 is 7.14 Å². The maximum atomic E-state index is 15.3. The average Bonchev–Trinajstić information content (AvgIpc) is 2.84. The Balaban J connectivity index is 1.72. The SMILES string of the molecule is COc1ccc(P(=O)(C/C(F)=C/c2ccc3ccccc3c2)c2ccc(OC)cc2)cc1. The summed E-state index contributed by atoms with van der Waals surface area (Å²) in [4.78, 5) is 0. The first-order valence-corrected chi connectivity index (χ1v) is 12.1. The molecule has 5 heteroatoms. The van der Waals surface area contributed by atoms with Crippen LogP contribution in [0.2, 0.25) is 0 Å². The van der Waals surface area contributed by atoms with Crippen molar-refractivity contribution in [2.24, 2.45) is 0 Å². The third-order valence-electron chi connectivity index (χ3n) is 5.45. The normalized spacial score (nSPS) is 12.0. The molecule has 0 heterocycles. The monoisotopic (exact) mass is 446 g/mol. The fourth-order valence-corrected chi connectivity index (χ4v) is 6.16. The molecule has 0 saturated carbocycles. The largest absolute Gasteiger partial charge is 0.497 e. The zero-order chi connectivity index (χ0) is 22.6. The zero-order valence-electron chi connectivity index (χ0n) is 18.0. The molecule has 32 heavy (non-hydrogen) atoms. The number of halogens is 1. The van der Waals surface area contributed by atoms with Crippen molar-refractivity contribution in [1.29, 1.82) is 0 Å². The van der Waals surface area contributed by atoms with Crippen LogP contribution in [0.1, 0.15) is 5.56 Å². The van der Waals surface area contributed by atoms with Crippen LogP contribution in [0.4, 0.5) is 4.39 Å². The van der Waals surface area contributed by atoms with Crippen molar-refractivity contribution in [1.82, 2.24) is 0 Å². The van der Waals surface area contributed by atoms with Crippen molar-refractivity contribution >= 4 is 34.6 Å². The number of hydrogen-bond acceptors (Lipinski definition) is 3. The van der Waals surface area contributed by atoms with E-state index in [0.29, 0.717) is 22.1 Å². The van der Waals surface area contributed by atoms with E-state index in [1.165, 1.54) is 6.08 Å². The summed E-state index contributed by atoms with van der Waals surface area (Å²) in [6.07, 6.45) is 1.25. The topological polar surface area (TPSA) is 35.5 Å². The fourth-order valence-electron chi connectivity index (χ4n) is 3.71. The lowest BCUT2D eigenvalue weighted by Crippen LogP contribution is -2.19. The summed E-state index contributed by atoms with van der Waals surface area (Å²) >= 11 is 0. The summed E-state index contributed by atoms with van der Waals surface area (Å²) in [5, 5.41) is 3.27. The first kappa shape index (κ1) is 21.9. The second-order valence-corrected chi connectivity index (χ2v) is 10.3. The van der Waals surface area contributed by atoms with Crippen molar-refractivity contribution < 1.29 is 18.4 Å². The van der Waals surface area contributed by atoms with E-state index in [4.69, 9.17) is 9.47 Å². The molecule has 162 valence electrons. The van der Waals surface area contributed by atoms with Gasteiger partial charge in [-0.25, -0.2) is 4.39 Å². The molecular formula is C27H24FO3P. The minimum absolute atomic E-state index is 0.210. The molecular weight excluding hydrogens is 422 g/mol. The third kappa shape index (κ3) is 4.61. The molecule has 0 spiro atoms. The van der Waals surface area contributed by atoms with Crippen LogP contribution < -0.4 is 20.1 Å². The van der Waals surface area contributed by atoms with E-state index in [1.54, 1.807) is 62.8 Å². The molecule has 0 radical (unpaired) electrons. The zero-order valence-corrected chi connectivity index (χ0v) is 18.9. The average molecular weight is 446 g/mol. The van der Waals surface area contributed by atoms with E-state index >= 15 is 4.39 Å². The number of hydrogen-bond donors (Lipinski definition) is 0. The lowest BCUT2D eigenvalue weighted by Gasteiger charge is -2.19. The summed E-state index contributed by atoms with van der Waals surface area (Å²) in [7, 11) is -0.133. The van der Waals surface area contributed by atoms with Crippen LogP contribution in [0.5, 0.6) is 11.5 Å². The molecule has 0 amide bonds. The minimum Gasteiger partial charge on any atom is -0.497 e. The van der Waals surface area contributed by atoms with E-state index in [9.17, 15) is 4.57 Å².